The van der Waals surface area contributed by atoms with Crippen molar-refractivity contribution < 1.29 is 42.4 Å². The highest BCUT2D eigenvalue weighted by molar-refractivity contribution is 6.10. The van der Waals surface area contributed by atoms with Crippen LogP contribution in [0, 0.1) is 0 Å². The molecular weight excluding hydrogens is 503 g/mol. The molecule has 0 aliphatic rings. The molecule has 7 nitrogen and oxygen atoms in total. The summed E-state index contributed by atoms with van der Waals surface area (Å²) in [5.41, 5.74) is 1.63. The van der Waals surface area contributed by atoms with Crippen LogP contribution in [0.5, 0.6) is 23.0 Å². The molecule has 0 unspecified atom stereocenters. The molecule has 4 aromatic carbocycles. The lowest BCUT2D eigenvalue weighted by Gasteiger charge is -2.19. The van der Waals surface area contributed by atoms with Crippen molar-refractivity contribution >= 4 is 23.1 Å². The average molecular weight is 523 g/mol. The van der Waals surface area contributed by atoms with Gasteiger partial charge in [-0.15, -0.1) is 13.2 Å². The van der Waals surface area contributed by atoms with E-state index in [4.69, 9.17) is 4.74 Å². The molecule has 0 saturated heterocycles. The van der Waals surface area contributed by atoms with E-state index in [-0.39, 0.29) is 33.9 Å². The van der Waals surface area contributed by atoms with E-state index in [9.17, 15) is 33.0 Å². The first-order valence-electron chi connectivity index (χ1n) is 11.1. The van der Waals surface area contributed by atoms with Crippen molar-refractivity contribution in [3.05, 3.63) is 108 Å². The van der Waals surface area contributed by atoms with Crippen LogP contribution in [-0.4, -0.2) is 35.4 Å². The molecule has 2 N–H and O–H groups in total. The summed E-state index contributed by atoms with van der Waals surface area (Å²) < 4.78 is 47.1. The van der Waals surface area contributed by atoms with Crippen LogP contribution in [0.3, 0.4) is 0 Å². The Hall–Kier alpha value is -4.99. The van der Waals surface area contributed by atoms with E-state index < -0.39 is 23.9 Å². The van der Waals surface area contributed by atoms with Crippen LogP contribution in [0.25, 0.3) is 0 Å². The smallest absolute Gasteiger partial charge is 0.508 e. The number of nitrogens with zero attached hydrogens (tertiary/aromatic N) is 1. The first kappa shape index (κ1) is 26.1. The molecular formula is C28H20F3NO6. The maximum absolute atomic E-state index is 13.2. The van der Waals surface area contributed by atoms with Gasteiger partial charge in [-0.05, 0) is 78.9 Å². The monoisotopic (exact) mass is 523 g/mol. The van der Waals surface area contributed by atoms with Gasteiger partial charge in [-0.2, -0.15) is 0 Å². The third kappa shape index (κ3) is 6.41. The second-order valence-corrected chi connectivity index (χ2v) is 8.13. The van der Waals surface area contributed by atoms with Crippen LogP contribution >= 0.6 is 0 Å². The van der Waals surface area contributed by atoms with E-state index in [1.165, 1.54) is 24.3 Å². The number of phenolic OH excluding ortho intramolecular Hbond substituents is 1. The van der Waals surface area contributed by atoms with Crippen LogP contribution in [0.4, 0.5) is 24.5 Å². The Balaban J connectivity index is 1.58. The van der Waals surface area contributed by atoms with Gasteiger partial charge in [-0.25, -0.2) is 4.79 Å². The molecule has 0 aliphatic carbocycles. The van der Waals surface area contributed by atoms with Crippen molar-refractivity contribution in [3.63, 3.8) is 0 Å². The minimum atomic E-state index is -4.89. The summed E-state index contributed by atoms with van der Waals surface area (Å²) in [5, 5.41) is 19.0. The summed E-state index contributed by atoms with van der Waals surface area (Å²) in [7, 11) is 1.82. The zero-order valence-corrected chi connectivity index (χ0v) is 19.8. The van der Waals surface area contributed by atoms with E-state index in [1.54, 1.807) is 48.5 Å². The van der Waals surface area contributed by atoms with Gasteiger partial charge in [0.2, 0.25) is 0 Å². The fourth-order valence-corrected chi connectivity index (χ4v) is 3.61. The van der Waals surface area contributed by atoms with Crippen molar-refractivity contribution in [2.24, 2.45) is 0 Å². The van der Waals surface area contributed by atoms with E-state index in [1.807, 2.05) is 11.9 Å². The number of anilines is 2. The largest absolute Gasteiger partial charge is 0.573 e. The number of alkyl halides is 3. The predicted molar refractivity (Wildman–Crippen MR) is 133 cm³/mol. The molecule has 38 heavy (non-hydrogen) atoms. The van der Waals surface area contributed by atoms with E-state index in [2.05, 4.69) is 4.74 Å². The number of benzene rings is 4. The fraction of sp³-hybridized carbons (Fsp3) is 0.0714. The van der Waals surface area contributed by atoms with E-state index in [0.29, 0.717) is 0 Å². The van der Waals surface area contributed by atoms with Crippen LogP contribution in [-0.2, 0) is 0 Å². The zero-order valence-electron chi connectivity index (χ0n) is 19.8. The highest BCUT2D eigenvalue weighted by Gasteiger charge is 2.31. The Morgan fingerprint density at radius 1 is 0.737 bits per heavy atom. The molecule has 194 valence electrons. The number of halogens is 3. The number of phenols is 1. The van der Waals surface area contributed by atoms with Gasteiger partial charge in [-0.3, -0.25) is 4.79 Å². The number of carboxylic acids is 1. The van der Waals surface area contributed by atoms with Crippen molar-refractivity contribution in [2.45, 2.75) is 6.36 Å². The summed E-state index contributed by atoms with van der Waals surface area (Å²) in [4.78, 5) is 26.7. The number of carbonyl (C=O) groups is 2. The normalized spacial score (nSPS) is 11.1. The molecule has 4 aromatic rings. The summed E-state index contributed by atoms with van der Waals surface area (Å²) in [6, 6.07) is 21.6. The second kappa shape index (κ2) is 10.6. The fourth-order valence-electron chi connectivity index (χ4n) is 3.61. The predicted octanol–water partition coefficient (Wildman–Crippen LogP) is 6.78. The highest BCUT2D eigenvalue weighted by Crippen LogP contribution is 2.31. The van der Waals surface area contributed by atoms with Crippen LogP contribution in [0.1, 0.15) is 26.3 Å². The molecule has 0 aromatic heterocycles. The van der Waals surface area contributed by atoms with Crippen molar-refractivity contribution in [1.82, 2.24) is 0 Å². The van der Waals surface area contributed by atoms with Crippen LogP contribution < -0.4 is 14.4 Å². The summed E-state index contributed by atoms with van der Waals surface area (Å²) in [5.74, 6) is -2.28. The Morgan fingerprint density at radius 3 is 1.92 bits per heavy atom. The lowest BCUT2D eigenvalue weighted by Crippen LogP contribution is -2.17. The minimum Gasteiger partial charge on any atom is -0.508 e. The number of ketones is 1. The number of ether oxygens (including phenoxy) is 2. The molecule has 0 amide bonds. The molecule has 10 heteroatoms. The Kier molecular flexibility index (Phi) is 7.24. The Bertz CT molecular complexity index is 1470. The van der Waals surface area contributed by atoms with Gasteiger partial charge in [0.1, 0.15) is 23.0 Å². The van der Waals surface area contributed by atoms with Gasteiger partial charge in [0.15, 0.2) is 5.78 Å². The number of aromatic carboxylic acids is 1. The van der Waals surface area contributed by atoms with Crippen molar-refractivity contribution in [3.8, 4) is 23.0 Å². The van der Waals surface area contributed by atoms with Gasteiger partial charge in [0.25, 0.3) is 0 Å². The quantitative estimate of drug-likeness (QED) is 0.246. The number of carbonyl (C=O) groups excluding carboxylic acids is 1. The molecule has 0 atom stereocenters. The second-order valence-electron chi connectivity index (χ2n) is 8.13. The Morgan fingerprint density at radius 2 is 1.32 bits per heavy atom. The van der Waals surface area contributed by atoms with Gasteiger partial charge in [0.05, 0.1) is 5.56 Å². The first-order valence-corrected chi connectivity index (χ1v) is 11.1. The topological polar surface area (TPSA) is 96.3 Å². The van der Waals surface area contributed by atoms with Gasteiger partial charge < -0.3 is 24.6 Å². The molecule has 0 fully saturated rings. The number of carboxylic acid groups (broad SMARTS) is 1. The number of rotatable bonds is 8. The van der Waals surface area contributed by atoms with Crippen LogP contribution in [0.2, 0.25) is 0 Å². The first-order chi connectivity index (χ1) is 18.0. The third-order valence-electron chi connectivity index (χ3n) is 5.44. The van der Waals surface area contributed by atoms with E-state index in [0.717, 1.165) is 29.6 Å². The molecule has 0 spiro atoms. The zero-order chi connectivity index (χ0) is 27.4. The van der Waals surface area contributed by atoms with Crippen molar-refractivity contribution in [2.75, 3.05) is 11.9 Å². The molecule has 0 heterocycles. The van der Waals surface area contributed by atoms with Gasteiger partial charge in [-0.1, -0.05) is 6.07 Å². The standard InChI is InChI=1S/C28H20F3NO6/c1-32(21-9-11-22(33)12-10-21)20-7-5-17(6-8-20)26(34)18-13-19(27(35)36)15-25(14-18)37-23-3-2-4-24(16-23)38-28(29,30)31/h2-16,33H,1H3,(H,35,36). The SMILES string of the molecule is CN(c1ccc(O)cc1)c1ccc(C(=O)c2cc(Oc3cccc(OC(F)(F)F)c3)cc(C(=O)O)c2)cc1. The molecule has 0 aliphatic heterocycles. The lowest BCUT2D eigenvalue weighted by molar-refractivity contribution is -0.274. The average Bonchev–Trinajstić information content (AvgIpc) is 2.87. The van der Waals surface area contributed by atoms with Crippen molar-refractivity contribution in [1.29, 1.82) is 0 Å². The lowest BCUT2D eigenvalue weighted by atomic mass is 10.0. The van der Waals surface area contributed by atoms with Crippen LogP contribution in [0.15, 0.2) is 91.0 Å². The molecule has 4 rings (SSSR count). The molecule has 0 saturated carbocycles. The summed E-state index contributed by atoms with van der Waals surface area (Å²) in [6.45, 7) is 0. The summed E-state index contributed by atoms with van der Waals surface area (Å²) in [6.07, 6.45) is -4.89. The number of hydrogen-bond donors (Lipinski definition) is 2. The maximum atomic E-state index is 13.2. The Labute approximate surface area is 214 Å². The minimum absolute atomic E-state index is 0.0160. The van der Waals surface area contributed by atoms with Gasteiger partial charge in [0, 0.05) is 35.6 Å². The number of hydrogen-bond acceptors (Lipinski definition) is 6. The van der Waals surface area contributed by atoms with E-state index >= 15 is 0 Å². The summed E-state index contributed by atoms with van der Waals surface area (Å²) >= 11 is 0. The highest BCUT2D eigenvalue weighted by atomic mass is 19.4. The number of aromatic hydroxyl groups is 1. The molecule has 0 bridgehead atoms. The maximum Gasteiger partial charge on any atom is 0.573 e. The van der Waals surface area contributed by atoms with Gasteiger partial charge >= 0.3 is 12.3 Å². The molecule has 0 radical (unpaired) electrons. The third-order valence-corrected chi connectivity index (χ3v) is 5.44.